The molecular weight excluding hydrogens is 1130 g/mol. The maximum Gasteiger partial charge on any atom is 0.501 e. The van der Waals surface area contributed by atoms with Gasteiger partial charge in [-0.2, -0.15) is 26.3 Å². The molecular formula is C52H66BClF6N4O14S2. The van der Waals surface area contributed by atoms with E-state index in [4.69, 9.17) is 39.9 Å². The summed E-state index contributed by atoms with van der Waals surface area (Å²) in [6.07, 6.45) is -3.04. The third-order valence-electron chi connectivity index (χ3n) is 10.4. The summed E-state index contributed by atoms with van der Waals surface area (Å²) in [5.41, 5.74) is -13.7. The van der Waals surface area contributed by atoms with Crippen molar-refractivity contribution < 1.29 is 90.6 Å². The minimum Gasteiger partial charge on any atom is -0.444 e. The Kier molecular flexibility index (Phi) is 21.1. The van der Waals surface area contributed by atoms with Crippen molar-refractivity contribution in [2.24, 2.45) is 0 Å². The molecule has 4 amide bonds. The topological polar surface area (TPSA) is 240 Å². The Morgan fingerprint density at radius 1 is 0.475 bits per heavy atom. The Balaban J connectivity index is 0.000000341. The fourth-order valence-corrected chi connectivity index (χ4v) is 8.58. The molecule has 1 aliphatic heterocycles. The molecule has 0 radical (unpaired) electrons. The molecule has 0 aliphatic carbocycles. The van der Waals surface area contributed by atoms with E-state index in [1.165, 1.54) is 48.5 Å². The molecule has 0 aromatic heterocycles. The summed E-state index contributed by atoms with van der Waals surface area (Å²) in [5, 5.41) is 9.81. The number of sulfone groups is 2. The van der Waals surface area contributed by atoms with Crippen molar-refractivity contribution in [3.8, 4) is 11.1 Å². The van der Waals surface area contributed by atoms with E-state index in [1.54, 1.807) is 101 Å². The monoisotopic (exact) mass is 1190 g/mol. The largest absolute Gasteiger partial charge is 0.501 e. The number of carbonyl (C=O) groups excluding carboxylic acids is 4. The number of nitrogens with one attached hydrogen (secondary N) is 4. The van der Waals surface area contributed by atoms with Crippen molar-refractivity contribution in [3.05, 3.63) is 90.0 Å². The van der Waals surface area contributed by atoms with Crippen LogP contribution >= 0.6 is 11.6 Å². The third-order valence-corrected chi connectivity index (χ3v) is 13.9. The summed E-state index contributed by atoms with van der Waals surface area (Å²) in [5.74, 6) is 0. The highest BCUT2D eigenvalue weighted by Gasteiger charge is 2.52. The van der Waals surface area contributed by atoms with E-state index in [1.807, 2.05) is 27.7 Å². The molecule has 0 atom stereocenters. The lowest BCUT2D eigenvalue weighted by Gasteiger charge is -2.32. The second-order valence-corrected chi connectivity index (χ2v) is 26.7. The van der Waals surface area contributed by atoms with Gasteiger partial charge in [-0.05, 0) is 164 Å². The molecule has 28 heteroatoms. The molecule has 4 aromatic carbocycles. The van der Waals surface area contributed by atoms with Gasteiger partial charge in [-0.1, -0.05) is 54.1 Å². The number of hydrogen-bond donors (Lipinski definition) is 4. The molecule has 80 heavy (non-hydrogen) atoms. The zero-order chi connectivity index (χ0) is 61.6. The SMILES string of the molecule is CC(C)(C)OC(=O)Nc1ccc(-c2ccccc2S(=O)(=O)C(F)(F)F)cc1NC(=O)OC(C)(C)C.CC(C)(C)OC(=O)Nc1ccc(B2OC(C)(C)C(C)(C)O2)cc1NC(=O)OC(C)(C)C.O=S(=O)(c1ccccc1Cl)C(F)(F)F. The van der Waals surface area contributed by atoms with Crippen molar-refractivity contribution in [1.82, 2.24) is 0 Å². The first-order valence-electron chi connectivity index (χ1n) is 24.1. The average molecular weight is 1200 g/mol. The third kappa shape index (κ3) is 19.8. The van der Waals surface area contributed by atoms with E-state index >= 15 is 0 Å². The number of ether oxygens (including phenoxy) is 4. The Labute approximate surface area is 467 Å². The smallest absolute Gasteiger partial charge is 0.444 e. The second kappa shape index (κ2) is 24.8. The van der Waals surface area contributed by atoms with Gasteiger partial charge in [0, 0.05) is 5.56 Å². The molecule has 0 bridgehead atoms. The second-order valence-electron chi connectivity index (χ2n) is 22.5. The Morgan fingerprint density at radius 3 is 1.18 bits per heavy atom. The van der Waals surface area contributed by atoms with Crippen molar-refractivity contribution in [1.29, 1.82) is 0 Å². The predicted molar refractivity (Wildman–Crippen MR) is 291 cm³/mol. The molecule has 1 heterocycles. The number of alkyl halides is 6. The van der Waals surface area contributed by atoms with E-state index in [0.717, 1.165) is 18.2 Å². The van der Waals surface area contributed by atoms with Gasteiger partial charge >= 0.3 is 42.5 Å². The lowest BCUT2D eigenvalue weighted by Crippen LogP contribution is -2.41. The minimum absolute atomic E-state index is 0.0363. The number of amides is 4. The van der Waals surface area contributed by atoms with E-state index in [9.17, 15) is 62.4 Å². The molecule has 442 valence electrons. The number of anilines is 4. The normalized spacial score (nSPS) is 14.7. The highest BCUT2D eigenvalue weighted by atomic mass is 35.5. The molecule has 1 fully saturated rings. The summed E-state index contributed by atoms with van der Waals surface area (Å²) in [4.78, 5) is 47.4. The fraction of sp³-hybridized carbons (Fsp3) is 0.462. The lowest BCUT2D eigenvalue weighted by molar-refractivity contribution is -0.0441. The summed E-state index contributed by atoms with van der Waals surface area (Å²) in [6.45, 7) is 28.3. The molecule has 4 aromatic rings. The van der Waals surface area contributed by atoms with Crippen LogP contribution in [0.2, 0.25) is 5.02 Å². The van der Waals surface area contributed by atoms with Gasteiger partial charge < -0.3 is 28.3 Å². The van der Waals surface area contributed by atoms with Gasteiger partial charge in [-0.3, -0.25) is 21.3 Å². The first-order chi connectivity index (χ1) is 35.9. The summed E-state index contributed by atoms with van der Waals surface area (Å²) in [7, 11) is -11.6. The lowest BCUT2D eigenvalue weighted by atomic mass is 9.78. The average Bonchev–Trinajstić information content (AvgIpc) is 3.47. The summed E-state index contributed by atoms with van der Waals surface area (Å²) >= 11 is 5.34. The molecule has 0 saturated carbocycles. The van der Waals surface area contributed by atoms with Crippen LogP contribution in [-0.2, 0) is 47.9 Å². The maximum atomic E-state index is 13.2. The van der Waals surface area contributed by atoms with E-state index in [2.05, 4.69) is 21.3 Å². The van der Waals surface area contributed by atoms with Crippen molar-refractivity contribution in [3.63, 3.8) is 0 Å². The Bertz CT molecular complexity index is 3120. The number of carbonyl (C=O) groups is 4. The van der Waals surface area contributed by atoms with Gasteiger partial charge in [0.05, 0.1) is 48.8 Å². The van der Waals surface area contributed by atoms with Crippen LogP contribution in [-0.4, -0.2) is 92.9 Å². The molecule has 1 saturated heterocycles. The van der Waals surface area contributed by atoms with Crippen LogP contribution in [0.4, 0.5) is 68.3 Å². The maximum absolute atomic E-state index is 13.2. The zero-order valence-corrected chi connectivity index (χ0v) is 49.2. The molecule has 4 N–H and O–H groups in total. The summed E-state index contributed by atoms with van der Waals surface area (Å²) in [6, 6.07) is 17.9. The zero-order valence-electron chi connectivity index (χ0n) is 46.8. The van der Waals surface area contributed by atoms with Crippen molar-refractivity contribution in [2.45, 2.75) is 165 Å². The number of rotatable bonds is 8. The first-order valence-corrected chi connectivity index (χ1v) is 27.4. The first kappa shape index (κ1) is 68.0. The number of hydrogen-bond acceptors (Lipinski definition) is 14. The molecule has 1 aliphatic rings. The van der Waals surface area contributed by atoms with E-state index in [-0.39, 0.29) is 22.5 Å². The Morgan fingerprint density at radius 2 is 0.800 bits per heavy atom. The van der Waals surface area contributed by atoms with Gasteiger partial charge in [0.2, 0.25) is 0 Å². The molecule has 18 nitrogen and oxygen atoms in total. The van der Waals surface area contributed by atoms with E-state index < -0.39 is 111 Å². The minimum atomic E-state index is -5.67. The highest BCUT2D eigenvalue weighted by molar-refractivity contribution is 7.92. The Hall–Kier alpha value is -6.29. The quantitative estimate of drug-likeness (QED) is 0.0729. The fourth-order valence-electron chi connectivity index (χ4n) is 6.33. The van der Waals surface area contributed by atoms with Crippen LogP contribution < -0.4 is 26.7 Å². The molecule has 5 rings (SSSR count). The van der Waals surface area contributed by atoms with Crippen LogP contribution in [0, 0.1) is 0 Å². The number of halogens is 7. The van der Waals surface area contributed by atoms with Crippen LogP contribution in [0.5, 0.6) is 0 Å². The van der Waals surface area contributed by atoms with Gasteiger partial charge in [0.1, 0.15) is 22.4 Å². The van der Waals surface area contributed by atoms with Gasteiger partial charge in [-0.15, -0.1) is 0 Å². The van der Waals surface area contributed by atoms with Crippen LogP contribution in [0.1, 0.15) is 111 Å². The van der Waals surface area contributed by atoms with Crippen LogP contribution in [0.3, 0.4) is 0 Å². The highest BCUT2D eigenvalue weighted by Crippen LogP contribution is 2.40. The standard InChI is InChI=1S/C23H27F3N2O6S.C22H35BN2O6.C7H4ClF3O2S/c1-21(2,3)33-19(29)27-16-12-11-14(13-17(16)28-20(30)34-22(4,5)6)15-9-7-8-10-18(15)35(31,32)23(24,25)26;1-19(2,3)28-17(26)24-15-12-11-14(23-30-21(7,8)22(9,10)31-23)13-16(15)25-18(27)29-20(4,5)6;8-5-3-1-2-4-6(5)14(12,13)7(9,10)11/h7-13H,1-6H3,(H,27,29)(H,28,30);11-13H,1-10H3,(H,24,26)(H,25,27);1-4H. The van der Waals surface area contributed by atoms with Crippen LogP contribution in [0.15, 0.2) is 94.7 Å². The number of benzene rings is 4. The van der Waals surface area contributed by atoms with Gasteiger partial charge in [-0.25, -0.2) is 36.0 Å². The van der Waals surface area contributed by atoms with Gasteiger partial charge in [0.15, 0.2) is 0 Å². The van der Waals surface area contributed by atoms with Gasteiger partial charge in [0.25, 0.3) is 19.7 Å². The van der Waals surface area contributed by atoms with E-state index in [0.29, 0.717) is 16.8 Å². The molecule has 0 unspecified atom stereocenters. The summed E-state index contributed by atoms with van der Waals surface area (Å²) < 4.78 is 155. The predicted octanol–water partition coefficient (Wildman–Crippen LogP) is 13.7. The van der Waals surface area contributed by atoms with Crippen molar-refractivity contribution >= 4 is 91.0 Å². The van der Waals surface area contributed by atoms with Crippen LogP contribution in [0.25, 0.3) is 11.1 Å². The van der Waals surface area contributed by atoms with Crippen molar-refractivity contribution in [2.75, 3.05) is 21.3 Å². The molecule has 0 spiro atoms.